The molecule has 0 saturated heterocycles. The van der Waals surface area contributed by atoms with Crippen LogP contribution in [0.3, 0.4) is 0 Å². The van der Waals surface area contributed by atoms with Gasteiger partial charge in [0.25, 0.3) is 0 Å². The molecule has 0 unspecified atom stereocenters. The summed E-state index contributed by atoms with van der Waals surface area (Å²) in [5, 5.41) is 0.240. The molecule has 0 saturated carbocycles. The molecule has 0 aliphatic carbocycles. The van der Waals surface area contributed by atoms with Crippen LogP contribution in [-0.2, 0) is 5.75 Å². The number of halogens is 4. The summed E-state index contributed by atoms with van der Waals surface area (Å²) in [5.74, 6) is 0.784. The predicted molar refractivity (Wildman–Crippen MR) is 58.1 cm³/mol. The van der Waals surface area contributed by atoms with Crippen molar-refractivity contribution in [2.24, 2.45) is 0 Å². The molecule has 1 rings (SSSR count). The van der Waals surface area contributed by atoms with Crippen molar-refractivity contribution in [1.82, 2.24) is 0 Å². The smallest absolute Gasteiger partial charge is 0.449 e. The quantitative estimate of drug-likeness (QED) is 0.735. The lowest BCUT2D eigenvalue weighted by Gasteiger charge is -2.16. The molecule has 84 valence electrons. The first kappa shape index (κ1) is 12.6. The van der Waals surface area contributed by atoms with Crippen molar-refractivity contribution in [3.8, 4) is 0 Å². The maximum absolute atomic E-state index is 12.1. The minimum atomic E-state index is -4.92. The van der Waals surface area contributed by atoms with Gasteiger partial charge in [-0.15, -0.1) is 12.1 Å². The molecule has 0 atom stereocenters. The molecule has 0 spiro atoms. The minimum Gasteiger partial charge on any atom is -0.449 e. The van der Waals surface area contributed by atoms with Crippen molar-refractivity contribution >= 4 is 30.3 Å². The zero-order valence-electron chi connectivity index (χ0n) is 7.68. The van der Waals surface area contributed by atoms with Gasteiger partial charge in [-0.1, -0.05) is 0 Å². The molecule has 0 aliphatic rings. The Balaban J connectivity index is 2.31. The molecular formula is C8H8BClF3OS-. The molecule has 1 nitrogen and oxygen atoms in total. The van der Waals surface area contributed by atoms with Crippen LogP contribution in [0.2, 0.25) is 5.22 Å². The molecule has 15 heavy (non-hydrogen) atoms. The molecule has 1 heterocycles. The first-order valence-electron chi connectivity index (χ1n) is 4.09. The van der Waals surface area contributed by atoms with Gasteiger partial charge in [0.15, 0.2) is 5.22 Å². The summed E-state index contributed by atoms with van der Waals surface area (Å²) in [4.78, 5) is 0. The predicted octanol–water partition coefficient (Wildman–Crippen LogP) is 4.11. The molecule has 0 radical (unpaired) electrons. The Morgan fingerprint density at radius 3 is 2.60 bits per heavy atom. The van der Waals surface area contributed by atoms with E-state index in [2.05, 4.69) is 6.58 Å². The second kappa shape index (κ2) is 5.03. The van der Waals surface area contributed by atoms with Crippen LogP contribution in [0.15, 0.2) is 28.6 Å². The molecule has 0 bridgehead atoms. The highest BCUT2D eigenvalue weighted by Gasteiger charge is 2.26. The Labute approximate surface area is 94.7 Å². The zero-order valence-corrected chi connectivity index (χ0v) is 9.25. The maximum Gasteiger partial charge on any atom is 0.505 e. The molecule has 1 aromatic rings. The van der Waals surface area contributed by atoms with Crippen LogP contribution in [0.5, 0.6) is 0 Å². The van der Waals surface area contributed by atoms with Crippen molar-refractivity contribution in [3.05, 3.63) is 35.2 Å². The van der Waals surface area contributed by atoms with E-state index in [0.717, 1.165) is 11.8 Å². The molecule has 1 aromatic heterocycles. The van der Waals surface area contributed by atoms with Crippen LogP contribution in [0, 0.1) is 0 Å². The summed E-state index contributed by atoms with van der Waals surface area (Å²) in [7, 11) is 0. The average Bonchev–Trinajstić information content (AvgIpc) is 2.49. The monoisotopic (exact) mass is 255 g/mol. The number of hydrogen-bond donors (Lipinski definition) is 0. The van der Waals surface area contributed by atoms with Crippen molar-refractivity contribution < 1.29 is 17.4 Å². The van der Waals surface area contributed by atoms with Crippen LogP contribution in [0.1, 0.15) is 5.76 Å². The highest BCUT2D eigenvalue weighted by Crippen LogP contribution is 2.25. The van der Waals surface area contributed by atoms with Gasteiger partial charge in [0.2, 0.25) is 0 Å². The van der Waals surface area contributed by atoms with Crippen LogP contribution >= 0.6 is 23.4 Å². The molecule has 0 fully saturated rings. The number of hydrogen-bond acceptors (Lipinski definition) is 2. The molecule has 7 heteroatoms. The number of thioether (sulfide) groups is 1. The molecule has 0 aromatic carbocycles. The maximum atomic E-state index is 12.1. The number of furan rings is 1. The largest absolute Gasteiger partial charge is 0.505 e. The summed E-state index contributed by atoms with van der Waals surface area (Å²) in [6, 6.07) is 3.19. The third kappa shape index (κ3) is 4.26. The van der Waals surface area contributed by atoms with Gasteiger partial charge < -0.3 is 17.4 Å². The van der Waals surface area contributed by atoms with Gasteiger partial charge in [0.05, 0.1) is 5.75 Å². The first-order valence-corrected chi connectivity index (χ1v) is 5.62. The topological polar surface area (TPSA) is 13.1 Å². The van der Waals surface area contributed by atoms with Crippen molar-refractivity contribution in [2.45, 2.75) is 5.75 Å². The summed E-state index contributed by atoms with van der Waals surface area (Å²) in [5.41, 5.74) is -0.683. The van der Waals surface area contributed by atoms with E-state index in [1.165, 1.54) is 0 Å². The highest BCUT2D eigenvalue weighted by atomic mass is 35.5. The van der Waals surface area contributed by atoms with Crippen molar-refractivity contribution in [1.29, 1.82) is 0 Å². The fraction of sp³-hybridized carbons (Fsp3) is 0.250. The minimum absolute atomic E-state index is 0.137. The normalized spacial score (nSPS) is 11.7. The van der Waals surface area contributed by atoms with Gasteiger partial charge in [-0.05, 0) is 29.5 Å². The van der Waals surface area contributed by atoms with Crippen LogP contribution in [0.25, 0.3) is 0 Å². The van der Waals surface area contributed by atoms with Gasteiger partial charge in [-0.25, -0.2) is 0 Å². The van der Waals surface area contributed by atoms with Gasteiger partial charge in [0.1, 0.15) is 5.76 Å². The third-order valence-corrected chi connectivity index (χ3v) is 2.89. The Bertz CT molecular complexity index is 350. The van der Waals surface area contributed by atoms with Crippen molar-refractivity contribution in [2.75, 3.05) is 5.75 Å². The number of rotatable bonds is 5. The summed E-state index contributed by atoms with van der Waals surface area (Å²) in [6.07, 6.45) is 0. The van der Waals surface area contributed by atoms with E-state index in [0.29, 0.717) is 11.5 Å². The summed E-state index contributed by atoms with van der Waals surface area (Å²) in [6.45, 7) is -1.93. The second-order valence-corrected chi connectivity index (χ2v) is 4.29. The lowest BCUT2D eigenvalue weighted by molar-refractivity contribution is 0.491. The van der Waals surface area contributed by atoms with E-state index in [1.54, 1.807) is 12.1 Å². The molecule has 0 N–H and O–H groups in total. The van der Waals surface area contributed by atoms with Gasteiger partial charge in [-0.3, -0.25) is 0 Å². The Hall–Kier alpha value is -0.485. The summed E-state index contributed by atoms with van der Waals surface area (Å²) >= 11 is 6.60. The van der Waals surface area contributed by atoms with E-state index in [9.17, 15) is 12.9 Å². The standard InChI is InChI=1S/C8H8BClF3OS/c1-6(9(11,12)13)4-15-5-7-2-3-8(10)14-7/h2-3H,1,4-5H2/q-1. The van der Waals surface area contributed by atoms with E-state index in [1.807, 2.05) is 0 Å². The van der Waals surface area contributed by atoms with Crippen LogP contribution in [0.4, 0.5) is 12.9 Å². The summed E-state index contributed by atoms with van der Waals surface area (Å²) < 4.78 is 41.2. The van der Waals surface area contributed by atoms with E-state index in [4.69, 9.17) is 16.0 Å². The highest BCUT2D eigenvalue weighted by molar-refractivity contribution is 7.98. The second-order valence-electron chi connectivity index (χ2n) is 2.93. The van der Waals surface area contributed by atoms with Crippen LogP contribution in [-0.4, -0.2) is 12.7 Å². The first-order chi connectivity index (χ1) is 6.89. The molecule has 0 aliphatic heterocycles. The lowest BCUT2D eigenvalue weighted by atomic mass is 9.82. The average molecular weight is 255 g/mol. The molecule has 0 amide bonds. The van der Waals surface area contributed by atoms with E-state index < -0.39 is 12.4 Å². The van der Waals surface area contributed by atoms with Crippen LogP contribution < -0.4 is 0 Å². The zero-order chi connectivity index (χ0) is 11.5. The Kier molecular flexibility index (Phi) is 4.22. The lowest BCUT2D eigenvalue weighted by Crippen LogP contribution is -2.20. The third-order valence-electron chi connectivity index (χ3n) is 1.62. The Morgan fingerprint density at radius 1 is 1.47 bits per heavy atom. The van der Waals surface area contributed by atoms with Gasteiger partial charge in [-0.2, -0.15) is 11.8 Å². The van der Waals surface area contributed by atoms with Crippen molar-refractivity contribution in [3.63, 3.8) is 0 Å². The Morgan fingerprint density at radius 2 is 2.13 bits per heavy atom. The van der Waals surface area contributed by atoms with E-state index in [-0.39, 0.29) is 11.0 Å². The SMILES string of the molecule is C=C(CSCc1ccc(Cl)o1)[B-](F)(F)F. The van der Waals surface area contributed by atoms with Gasteiger partial charge in [0, 0.05) is 0 Å². The molecular weight excluding hydrogens is 247 g/mol. The fourth-order valence-corrected chi connectivity index (χ4v) is 1.88. The van der Waals surface area contributed by atoms with E-state index >= 15 is 0 Å². The fourth-order valence-electron chi connectivity index (χ4n) is 0.807. The van der Waals surface area contributed by atoms with Gasteiger partial charge >= 0.3 is 6.98 Å².